The average molecular weight is 296 g/mol. The van der Waals surface area contributed by atoms with Crippen LogP contribution in [0.1, 0.15) is 36.5 Å². The lowest BCUT2D eigenvalue weighted by Gasteiger charge is -2.36. The number of nitrogens with zero attached hydrogens (tertiary/aromatic N) is 3. The second-order valence-electron chi connectivity index (χ2n) is 5.33. The molecular formula is C15H22ClN3O. The molecule has 0 saturated carbocycles. The smallest absolute Gasteiger partial charge is 0.256 e. The topological polar surface area (TPSA) is 36.4 Å². The lowest BCUT2D eigenvalue weighted by molar-refractivity contribution is 0.0642. The van der Waals surface area contributed by atoms with Crippen molar-refractivity contribution < 1.29 is 4.79 Å². The van der Waals surface area contributed by atoms with Gasteiger partial charge in [0.05, 0.1) is 5.56 Å². The van der Waals surface area contributed by atoms with E-state index in [0.29, 0.717) is 11.6 Å². The number of piperidine rings is 1. The van der Waals surface area contributed by atoms with Gasteiger partial charge >= 0.3 is 0 Å². The van der Waals surface area contributed by atoms with E-state index >= 15 is 0 Å². The molecule has 0 radical (unpaired) electrons. The molecule has 2 heterocycles. The van der Waals surface area contributed by atoms with Crippen molar-refractivity contribution in [3.8, 4) is 0 Å². The van der Waals surface area contributed by atoms with Crippen molar-refractivity contribution in [3.05, 3.63) is 29.0 Å². The molecule has 2 rings (SSSR count). The molecule has 1 saturated heterocycles. The summed E-state index contributed by atoms with van der Waals surface area (Å²) < 4.78 is 0. The Morgan fingerprint density at radius 3 is 2.80 bits per heavy atom. The Morgan fingerprint density at radius 2 is 2.20 bits per heavy atom. The Labute approximate surface area is 125 Å². The first-order valence-corrected chi connectivity index (χ1v) is 7.61. The number of rotatable bonds is 4. The zero-order valence-corrected chi connectivity index (χ0v) is 12.9. The zero-order chi connectivity index (χ0) is 14.5. The highest BCUT2D eigenvalue weighted by Crippen LogP contribution is 2.20. The molecule has 0 unspecified atom stereocenters. The third-order valence-corrected chi connectivity index (χ3v) is 4.26. The minimum atomic E-state index is -0.0305. The van der Waals surface area contributed by atoms with E-state index in [2.05, 4.69) is 16.8 Å². The third-order valence-electron chi connectivity index (χ3n) is 3.95. The van der Waals surface area contributed by atoms with E-state index in [0.717, 1.165) is 32.5 Å². The van der Waals surface area contributed by atoms with Gasteiger partial charge in [-0.1, -0.05) is 18.5 Å². The van der Waals surface area contributed by atoms with Crippen LogP contribution in [0, 0.1) is 0 Å². The maximum Gasteiger partial charge on any atom is 0.256 e. The maximum absolute atomic E-state index is 12.5. The van der Waals surface area contributed by atoms with Gasteiger partial charge in [-0.3, -0.25) is 4.79 Å². The van der Waals surface area contributed by atoms with Crippen LogP contribution in [0.25, 0.3) is 0 Å². The van der Waals surface area contributed by atoms with Crippen molar-refractivity contribution in [1.82, 2.24) is 14.8 Å². The summed E-state index contributed by atoms with van der Waals surface area (Å²) in [6.07, 6.45) is 4.84. The molecule has 1 aliphatic rings. The first-order chi connectivity index (χ1) is 9.63. The molecule has 110 valence electrons. The molecule has 4 nitrogen and oxygen atoms in total. The number of pyridine rings is 1. The fourth-order valence-electron chi connectivity index (χ4n) is 2.75. The predicted molar refractivity (Wildman–Crippen MR) is 81.1 cm³/mol. The van der Waals surface area contributed by atoms with Crippen molar-refractivity contribution in [3.63, 3.8) is 0 Å². The van der Waals surface area contributed by atoms with Crippen molar-refractivity contribution in [2.45, 2.75) is 32.2 Å². The van der Waals surface area contributed by atoms with Gasteiger partial charge in [0.1, 0.15) is 5.15 Å². The Hall–Kier alpha value is -1.13. The van der Waals surface area contributed by atoms with E-state index in [1.54, 1.807) is 18.3 Å². The lowest BCUT2D eigenvalue weighted by Crippen LogP contribution is -2.45. The molecule has 0 aromatic carbocycles. The number of halogens is 1. The molecule has 1 fully saturated rings. The van der Waals surface area contributed by atoms with Crippen LogP contribution in [0.15, 0.2) is 18.3 Å². The SMILES string of the molecule is CCCN1CCC(N(C)C(=O)c2cccnc2Cl)CC1. The molecule has 0 N–H and O–H groups in total. The Bertz CT molecular complexity index is 458. The highest BCUT2D eigenvalue weighted by molar-refractivity contribution is 6.32. The second-order valence-corrected chi connectivity index (χ2v) is 5.69. The van der Waals surface area contributed by atoms with E-state index < -0.39 is 0 Å². The van der Waals surface area contributed by atoms with Crippen LogP contribution in [0.4, 0.5) is 0 Å². The van der Waals surface area contributed by atoms with E-state index in [1.807, 2.05) is 11.9 Å². The number of carbonyl (C=O) groups excluding carboxylic acids is 1. The molecule has 0 spiro atoms. The Morgan fingerprint density at radius 1 is 1.50 bits per heavy atom. The van der Waals surface area contributed by atoms with E-state index in [1.165, 1.54) is 6.42 Å². The largest absolute Gasteiger partial charge is 0.339 e. The monoisotopic (exact) mass is 295 g/mol. The first kappa shape index (κ1) is 15.3. The van der Waals surface area contributed by atoms with Crippen LogP contribution in [0.5, 0.6) is 0 Å². The maximum atomic E-state index is 12.5. The first-order valence-electron chi connectivity index (χ1n) is 7.23. The lowest BCUT2D eigenvalue weighted by atomic mass is 10.0. The Balaban J connectivity index is 1.97. The van der Waals surface area contributed by atoms with Gasteiger partial charge in [-0.05, 0) is 37.9 Å². The minimum absolute atomic E-state index is 0.0305. The van der Waals surface area contributed by atoms with Gasteiger partial charge in [0.25, 0.3) is 5.91 Å². The van der Waals surface area contributed by atoms with Crippen LogP contribution in [-0.2, 0) is 0 Å². The molecule has 0 bridgehead atoms. The van der Waals surface area contributed by atoms with Crippen molar-refractivity contribution in [2.75, 3.05) is 26.7 Å². The van der Waals surface area contributed by atoms with Crippen molar-refractivity contribution >= 4 is 17.5 Å². The van der Waals surface area contributed by atoms with E-state index in [9.17, 15) is 4.79 Å². The summed E-state index contributed by atoms with van der Waals surface area (Å²) in [4.78, 5) is 20.7. The third kappa shape index (κ3) is 3.49. The second kappa shape index (κ2) is 7.04. The molecule has 20 heavy (non-hydrogen) atoms. The average Bonchev–Trinajstić information content (AvgIpc) is 2.47. The van der Waals surface area contributed by atoms with Gasteiger partial charge in [0.2, 0.25) is 0 Å². The summed E-state index contributed by atoms with van der Waals surface area (Å²) >= 11 is 6.00. The number of amides is 1. The number of hydrogen-bond donors (Lipinski definition) is 0. The van der Waals surface area contributed by atoms with Crippen LogP contribution >= 0.6 is 11.6 Å². The molecule has 1 aromatic heterocycles. The van der Waals surface area contributed by atoms with Crippen LogP contribution in [-0.4, -0.2) is 53.4 Å². The van der Waals surface area contributed by atoms with Crippen molar-refractivity contribution in [2.24, 2.45) is 0 Å². The van der Waals surface area contributed by atoms with Crippen LogP contribution < -0.4 is 0 Å². The van der Waals surface area contributed by atoms with Gasteiger partial charge < -0.3 is 9.80 Å². The summed E-state index contributed by atoms with van der Waals surface area (Å²) in [5.41, 5.74) is 0.493. The molecule has 1 amide bonds. The molecule has 5 heteroatoms. The summed E-state index contributed by atoms with van der Waals surface area (Å²) in [5.74, 6) is -0.0305. The van der Waals surface area contributed by atoms with Crippen LogP contribution in [0.3, 0.4) is 0 Å². The molecule has 1 aliphatic heterocycles. The van der Waals surface area contributed by atoms with Gasteiger partial charge in [-0.15, -0.1) is 0 Å². The summed E-state index contributed by atoms with van der Waals surface area (Å²) in [6, 6.07) is 3.78. The molecular weight excluding hydrogens is 274 g/mol. The number of carbonyl (C=O) groups is 1. The van der Waals surface area contributed by atoms with Gasteiger partial charge in [0, 0.05) is 32.4 Å². The quantitative estimate of drug-likeness (QED) is 0.801. The number of hydrogen-bond acceptors (Lipinski definition) is 3. The predicted octanol–water partition coefficient (Wildman–Crippen LogP) is 2.68. The zero-order valence-electron chi connectivity index (χ0n) is 12.2. The van der Waals surface area contributed by atoms with E-state index in [4.69, 9.17) is 11.6 Å². The Kier molecular flexibility index (Phi) is 5.38. The highest BCUT2D eigenvalue weighted by atomic mass is 35.5. The summed E-state index contributed by atoms with van der Waals surface area (Å²) in [6.45, 7) is 5.48. The van der Waals surface area contributed by atoms with Gasteiger partial charge in [-0.25, -0.2) is 4.98 Å². The highest BCUT2D eigenvalue weighted by Gasteiger charge is 2.26. The van der Waals surface area contributed by atoms with E-state index in [-0.39, 0.29) is 11.1 Å². The van der Waals surface area contributed by atoms with Gasteiger partial charge in [0.15, 0.2) is 0 Å². The number of likely N-dealkylation sites (tertiary alicyclic amines) is 1. The van der Waals surface area contributed by atoms with Crippen molar-refractivity contribution in [1.29, 1.82) is 0 Å². The van der Waals surface area contributed by atoms with Gasteiger partial charge in [-0.2, -0.15) is 0 Å². The number of aromatic nitrogens is 1. The standard InChI is InChI=1S/C15H22ClN3O/c1-3-9-19-10-6-12(7-11-19)18(2)15(20)13-5-4-8-17-14(13)16/h4-5,8,12H,3,6-7,9-11H2,1-2H3. The fourth-order valence-corrected chi connectivity index (χ4v) is 2.95. The molecule has 0 atom stereocenters. The summed E-state index contributed by atoms with van der Waals surface area (Å²) in [5, 5.41) is 0.285. The fraction of sp³-hybridized carbons (Fsp3) is 0.600. The van der Waals surface area contributed by atoms with Crippen LogP contribution in [0.2, 0.25) is 5.15 Å². The molecule has 0 aliphatic carbocycles. The summed E-state index contributed by atoms with van der Waals surface area (Å²) in [7, 11) is 1.87. The minimum Gasteiger partial charge on any atom is -0.339 e. The molecule has 1 aromatic rings. The normalized spacial score (nSPS) is 17.1.